The van der Waals surface area contributed by atoms with Gasteiger partial charge in [-0.25, -0.2) is 4.98 Å². The minimum absolute atomic E-state index is 0.00603. The third kappa shape index (κ3) is 4.07. The number of nitrogens with one attached hydrogen (secondary N) is 2. The maximum Gasteiger partial charge on any atom is 0.222 e. The number of methoxy groups -OCH3 is 2. The van der Waals surface area contributed by atoms with Crippen LogP contribution in [-0.2, 0) is 4.79 Å². The van der Waals surface area contributed by atoms with E-state index < -0.39 is 0 Å². The van der Waals surface area contributed by atoms with E-state index in [-0.39, 0.29) is 11.8 Å². The Balaban J connectivity index is 2.13. The summed E-state index contributed by atoms with van der Waals surface area (Å²) in [7, 11) is 3.23. The van der Waals surface area contributed by atoms with Gasteiger partial charge in [-0.2, -0.15) is 0 Å². The predicted molar refractivity (Wildman–Crippen MR) is 95.9 cm³/mol. The number of nitrogens with zero attached hydrogens (tertiary/aromatic N) is 1. The van der Waals surface area contributed by atoms with Crippen LogP contribution < -0.4 is 20.1 Å². The second-order valence-corrected chi connectivity index (χ2v) is 5.92. The van der Waals surface area contributed by atoms with Crippen molar-refractivity contribution in [1.82, 2.24) is 10.3 Å². The van der Waals surface area contributed by atoms with Gasteiger partial charge in [-0.05, 0) is 24.6 Å². The maximum atomic E-state index is 11.5. The van der Waals surface area contributed by atoms with E-state index in [1.165, 1.54) is 0 Å². The fourth-order valence-electron chi connectivity index (χ4n) is 2.39. The number of carbonyl (C=O) groups excluding carboxylic acids is 1. The van der Waals surface area contributed by atoms with E-state index in [0.717, 1.165) is 22.3 Å². The van der Waals surface area contributed by atoms with Crippen molar-refractivity contribution >= 4 is 22.6 Å². The number of pyridine rings is 1. The minimum atomic E-state index is -0.00603. The summed E-state index contributed by atoms with van der Waals surface area (Å²) >= 11 is 0. The molecule has 0 unspecified atom stereocenters. The van der Waals surface area contributed by atoms with E-state index in [2.05, 4.69) is 15.6 Å². The Morgan fingerprint density at radius 2 is 1.79 bits per heavy atom. The van der Waals surface area contributed by atoms with Gasteiger partial charge in [0.25, 0.3) is 0 Å². The lowest BCUT2D eigenvalue weighted by Gasteiger charge is -2.13. The molecule has 2 aromatic rings. The zero-order valence-electron chi connectivity index (χ0n) is 14.9. The Morgan fingerprint density at radius 1 is 1.12 bits per heavy atom. The number of anilines is 1. The van der Waals surface area contributed by atoms with Crippen LogP contribution in [-0.4, -0.2) is 38.2 Å². The Morgan fingerprint density at radius 3 is 2.42 bits per heavy atom. The number of aryl methyl sites for hydroxylation is 1. The molecule has 0 bridgehead atoms. The van der Waals surface area contributed by atoms with Crippen LogP contribution >= 0.6 is 0 Å². The smallest absolute Gasteiger partial charge is 0.222 e. The molecule has 1 heterocycles. The molecule has 0 saturated heterocycles. The number of amides is 1. The Bertz CT molecular complexity index is 729. The Hall–Kier alpha value is -2.50. The summed E-state index contributed by atoms with van der Waals surface area (Å²) in [6.07, 6.45) is 0. The van der Waals surface area contributed by atoms with Crippen molar-refractivity contribution in [2.75, 3.05) is 32.6 Å². The molecule has 0 spiro atoms. The molecule has 130 valence electrons. The van der Waals surface area contributed by atoms with Crippen LogP contribution in [0.4, 0.5) is 5.82 Å². The van der Waals surface area contributed by atoms with E-state index in [9.17, 15) is 4.79 Å². The van der Waals surface area contributed by atoms with E-state index >= 15 is 0 Å². The van der Waals surface area contributed by atoms with Crippen molar-refractivity contribution in [2.24, 2.45) is 5.92 Å². The Labute approximate surface area is 142 Å². The van der Waals surface area contributed by atoms with E-state index in [4.69, 9.17) is 9.47 Å². The van der Waals surface area contributed by atoms with Gasteiger partial charge >= 0.3 is 0 Å². The number of carbonyl (C=O) groups is 1. The molecule has 0 atom stereocenters. The summed E-state index contributed by atoms with van der Waals surface area (Å²) in [6.45, 7) is 6.95. The zero-order chi connectivity index (χ0) is 17.7. The third-order valence-electron chi connectivity index (χ3n) is 3.78. The van der Waals surface area contributed by atoms with E-state index in [0.29, 0.717) is 24.6 Å². The molecule has 0 fully saturated rings. The molecule has 0 aliphatic rings. The average molecular weight is 331 g/mol. The predicted octanol–water partition coefficient (Wildman–Crippen LogP) is 2.74. The summed E-state index contributed by atoms with van der Waals surface area (Å²) in [4.78, 5) is 16.1. The second-order valence-electron chi connectivity index (χ2n) is 5.92. The first-order chi connectivity index (χ1) is 11.5. The van der Waals surface area contributed by atoms with Crippen LogP contribution in [0.15, 0.2) is 18.2 Å². The molecule has 1 aromatic carbocycles. The van der Waals surface area contributed by atoms with Crippen molar-refractivity contribution in [3.05, 3.63) is 23.8 Å². The monoisotopic (exact) mass is 331 g/mol. The molecule has 0 aliphatic heterocycles. The first kappa shape index (κ1) is 17.8. The summed E-state index contributed by atoms with van der Waals surface area (Å²) < 4.78 is 10.7. The van der Waals surface area contributed by atoms with Crippen LogP contribution in [0.5, 0.6) is 11.5 Å². The highest BCUT2D eigenvalue weighted by atomic mass is 16.5. The molecule has 24 heavy (non-hydrogen) atoms. The summed E-state index contributed by atoms with van der Waals surface area (Å²) in [5, 5.41) is 7.13. The van der Waals surface area contributed by atoms with Crippen LogP contribution in [0.3, 0.4) is 0 Å². The van der Waals surface area contributed by atoms with Gasteiger partial charge in [0.1, 0.15) is 5.82 Å². The SMILES string of the molecule is COc1cc2nc(NCCNC(=O)C(C)C)cc(C)c2cc1OC. The average Bonchev–Trinajstić information content (AvgIpc) is 2.57. The van der Waals surface area contributed by atoms with Gasteiger partial charge in [0.05, 0.1) is 19.7 Å². The van der Waals surface area contributed by atoms with E-state index in [1.807, 2.05) is 39.0 Å². The van der Waals surface area contributed by atoms with Crippen LogP contribution in [0.25, 0.3) is 10.9 Å². The normalized spacial score (nSPS) is 10.8. The number of aromatic nitrogens is 1. The number of hydrogen-bond acceptors (Lipinski definition) is 5. The highest BCUT2D eigenvalue weighted by molar-refractivity contribution is 5.87. The molecule has 6 heteroatoms. The van der Waals surface area contributed by atoms with Gasteiger partial charge in [0.2, 0.25) is 5.91 Å². The molecule has 6 nitrogen and oxygen atoms in total. The minimum Gasteiger partial charge on any atom is -0.493 e. The molecule has 0 aliphatic carbocycles. The molecule has 0 radical (unpaired) electrons. The van der Waals surface area contributed by atoms with Gasteiger partial charge in [-0.15, -0.1) is 0 Å². The number of fused-ring (bicyclic) bond motifs is 1. The van der Waals surface area contributed by atoms with Crippen molar-refractivity contribution < 1.29 is 14.3 Å². The molecular formula is C18H25N3O3. The van der Waals surface area contributed by atoms with Gasteiger partial charge in [-0.1, -0.05) is 13.8 Å². The summed E-state index contributed by atoms with van der Waals surface area (Å²) in [5.74, 6) is 2.15. The molecule has 1 aromatic heterocycles. The van der Waals surface area contributed by atoms with Gasteiger partial charge in [0, 0.05) is 30.5 Å². The standard InChI is InChI=1S/C18H25N3O3/c1-11(2)18(22)20-7-6-19-17-8-12(3)13-9-15(23-4)16(24-5)10-14(13)21-17/h8-11H,6-7H2,1-5H3,(H,19,21)(H,20,22). The highest BCUT2D eigenvalue weighted by Gasteiger charge is 2.10. The Kier molecular flexibility index (Phi) is 5.84. The topological polar surface area (TPSA) is 72.5 Å². The lowest BCUT2D eigenvalue weighted by molar-refractivity contribution is -0.123. The quantitative estimate of drug-likeness (QED) is 0.763. The van der Waals surface area contributed by atoms with Crippen LogP contribution in [0.1, 0.15) is 19.4 Å². The van der Waals surface area contributed by atoms with Crippen molar-refractivity contribution in [3.63, 3.8) is 0 Å². The maximum absolute atomic E-state index is 11.5. The van der Waals surface area contributed by atoms with E-state index in [1.54, 1.807) is 14.2 Å². The third-order valence-corrected chi connectivity index (χ3v) is 3.78. The van der Waals surface area contributed by atoms with Gasteiger partial charge < -0.3 is 20.1 Å². The number of rotatable bonds is 7. The summed E-state index contributed by atoms with van der Waals surface area (Å²) in [5.41, 5.74) is 1.93. The zero-order valence-corrected chi connectivity index (χ0v) is 14.9. The second kappa shape index (κ2) is 7.86. The van der Waals surface area contributed by atoms with Crippen molar-refractivity contribution in [1.29, 1.82) is 0 Å². The molecule has 2 N–H and O–H groups in total. The molecule has 2 rings (SSSR count). The lowest BCUT2D eigenvalue weighted by atomic mass is 10.1. The number of hydrogen-bond donors (Lipinski definition) is 2. The first-order valence-corrected chi connectivity index (χ1v) is 8.01. The lowest BCUT2D eigenvalue weighted by Crippen LogP contribution is -2.31. The number of benzene rings is 1. The molecule has 1 amide bonds. The fraction of sp³-hybridized carbons (Fsp3) is 0.444. The first-order valence-electron chi connectivity index (χ1n) is 8.01. The van der Waals surface area contributed by atoms with Crippen LogP contribution in [0.2, 0.25) is 0 Å². The largest absolute Gasteiger partial charge is 0.493 e. The molecule has 0 saturated carbocycles. The van der Waals surface area contributed by atoms with Crippen molar-refractivity contribution in [3.8, 4) is 11.5 Å². The highest BCUT2D eigenvalue weighted by Crippen LogP contribution is 2.33. The van der Waals surface area contributed by atoms with Crippen molar-refractivity contribution in [2.45, 2.75) is 20.8 Å². The van der Waals surface area contributed by atoms with Crippen LogP contribution in [0, 0.1) is 12.8 Å². The molecular weight excluding hydrogens is 306 g/mol. The van der Waals surface area contributed by atoms with Gasteiger partial charge in [0.15, 0.2) is 11.5 Å². The fourth-order valence-corrected chi connectivity index (χ4v) is 2.39. The number of ether oxygens (including phenoxy) is 2. The summed E-state index contributed by atoms with van der Waals surface area (Å²) in [6, 6.07) is 5.79. The van der Waals surface area contributed by atoms with Gasteiger partial charge in [-0.3, -0.25) is 4.79 Å².